The van der Waals surface area contributed by atoms with Gasteiger partial charge < -0.3 is 10.6 Å². The third-order valence-corrected chi connectivity index (χ3v) is 4.06. The van der Waals surface area contributed by atoms with E-state index in [1.165, 1.54) is 0 Å². The molecule has 0 heterocycles. The van der Waals surface area contributed by atoms with Crippen LogP contribution in [0, 0.1) is 5.92 Å². The van der Waals surface area contributed by atoms with Gasteiger partial charge in [-0.1, -0.05) is 49.5 Å². The van der Waals surface area contributed by atoms with Crippen LogP contribution in [-0.2, 0) is 11.3 Å². The summed E-state index contributed by atoms with van der Waals surface area (Å²) in [6.45, 7) is 4.48. The van der Waals surface area contributed by atoms with Crippen molar-refractivity contribution in [2.24, 2.45) is 11.7 Å². The smallest absolute Gasteiger partial charge is 0.239 e. The summed E-state index contributed by atoms with van der Waals surface area (Å²) in [4.78, 5) is 13.8. The van der Waals surface area contributed by atoms with E-state index in [1.807, 2.05) is 19.9 Å². The maximum atomic E-state index is 12.1. The Morgan fingerprint density at radius 2 is 1.95 bits per heavy atom. The number of nitrogens with two attached hydrogens (primary N) is 1. The summed E-state index contributed by atoms with van der Waals surface area (Å²) in [6.07, 6.45) is 0.882. The van der Waals surface area contributed by atoms with Crippen molar-refractivity contribution in [1.82, 2.24) is 4.90 Å². The van der Waals surface area contributed by atoms with Gasteiger partial charge in [0, 0.05) is 13.6 Å². The van der Waals surface area contributed by atoms with E-state index < -0.39 is 6.04 Å². The zero-order chi connectivity index (χ0) is 14.6. The maximum Gasteiger partial charge on any atom is 0.239 e. The SMILES string of the molecule is CCC(C)C(N)C(=O)N(C)Cc1ccc(Cl)c(Cl)c1.Cl. The average Bonchev–Trinajstić information content (AvgIpc) is 2.40. The summed E-state index contributed by atoms with van der Waals surface area (Å²) in [7, 11) is 1.74. The Morgan fingerprint density at radius 1 is 1.35 bits per heavy atom. The molecule has 0 aliphatic carbocycles. The van der Waals surface area contributed by atoms with E-state index >= 15 is 0 Å². The van der Waals surface area contributed by atoms with Gasteiger partial charge in [-0.15, -0.1) is 12.4 Å². The van der Waals surface area contributed by atoms with Crippen molar-refractivity contribution in [2.75, 3.05) is 7.05 Å². The maximum absolute atomic E-state index is 12.1. The van der Waals surface area contributed by atoms with Gasteiger partial charge in [0.15, 0.2) is 0 Å². The van der Waals surface area contributed by atoms with E-state index in [2.05, 4.69) is 0 Å². The first-order valence-corrected chi connectivity index (χ1v) is 7.06. The lowest BCUT2D eigenvalue weighted by Crippen LogP contribution is -2.45. The molecule has 1 aromatic rings. The van der Waals surface area contributed by atoms with Crippen molar-refractivity contribution in [3.63, 3.8) is 0 Å². The van der Waals surface area contributed by atoms with Gasteiger partial charge in [0.25, 0.3) is 0 Å². The molecular formula is C14H21Cl3N2O. The van der Waals surface area contributed by atoms with Gasteiger partial charge >= 0.3 is 0 Å². The second kappa shape index (κ2) is 8.73. The van der Waals surface area contributed by atoms with Crippen LogP contribution in [-0.4, -0.2) is 23.9 Å². The summed E-state index contributed by atoms with van der Waals surface area (Å²) in [5, 5.41) is 1.00. The minimum absolute atomic E-state index is 0. The Kier molecular flexibility index (Phi) is 8.52. The standard InChI is InChI=1S/C14H20Cl2N2O.ClH/c1-4-9(2)13(17)14(19)18(3)8-10-5-6-11(15)12(16)7-10;/h5-7,9,13H,4,8,17H2,1-3H3;1H. The molecular weight excluding hydrogens is 319 g/mol. The van der Waals surface area contributed by atoms with Crippen LogP contribution in [0.2, 0.25) is 10.0 Å². The third-order valence-electron chi connectivity index (χ3n) is 3.32. The van der Waals surface area contributed by atoms with E-state index in [-0.39, 0.29) is 24.2 Å². The lowest BCUT2D eigenvalue weighted by Gasteiger charge is -2.24. The molecule has 1 rings (SSSR count). The molecule has 6 heteroatoms. The number of nitrogens with zero attached hydrogens (tertiary/aromatic N) is 1. The van der Waals surface area contributed by atoms with Crippen LogP contribution in [0.5, 0.6) is 0 Å². The molecule has 0 aliphatic rings. The number of hydrogen-bond donors (Lipinski definition) is 1. The van der Waals surface area contributed by atoms with Gasteiger partial charge in [-0.2, -0.15) is 0 Å². The van der Waals surface area contributed by atoms with Gasteiger partial charge in [0.2, 0.25) is 5.91 Å². The zero-order valence-corrected chi connectivity index (χ0v) is 14.2. The van der Waals surface area contributed by atoms with E-state index in [1.54, 1.807) is 24.1 Å². The highest BCUT2D eigenvalue weighted by Crippen LogP contribution is 2.23. The van der Waals surface area contributed by atoms with Crippen LogP contribution in [0.1, 0.15) is 25.8 Å². The van der Waals surface area contributed by atoms with Crippen molar-refractivity contribution in [2.45, 2.75) is 32.9 Å². The number of amides is 1. The van der Waals surface area contributed by atoms with Gasteiger partial charge in [0.1, 0.15) is 0 Å². The van der Waals surface area contributed by atoms with Gasteiger partial charge in [-0.3, -0.25) is 4.79 Å². The molecule has 0 saturated heterocycles. The fourth-order valence-electron chi connectivity index (χ4n) is 1.74. The minimum Gasteiger partial charge on any atom is -0.340 e. The highest BCUT2D eigenvalue weighted by Gasteiger charge is 2.22. The molecule has 2 N–H and O–H groups in total. The number of carbonyl (C=O) groups excluding carboxylic acids is 1. The van der Waals surface area contributed by atoms with Crippen molar-refractivity contribution in [3.8, 4) is 0 Å². The lowest BCUT2D eigenvalue weighted by atomic mass is 9.99. The van der Waals surface area contributed by atoms with E-state index in [9.17, 15) is 4.79 Å². The molecule has 0 spiro atoms. The van der Waals surface area contributed by atoms with Crippen LogP contribution >= 0.6 is 35.6 Å². The Bertz CT molecular complexity index is 454. The molecule has 3 nitrogen and oxygen atoms in total. The van der Waals surface area contributed by atoms with Crippen molar-refractivity contribution < 1.29 is 4.79 Å². The largest absolute Gasteiger partial charge is 0.340 e. The Morgan fingerprint density at radius 3 is 2.45 bits per heavy atom. The molecule has 114 valence electrons. The average molecular weight is 340 g/mol. The summed E-state index contributed by atoms with van der Waals surface area (Å²) < 4.78 is 0. The monoisotopic (exact) mass is 338 g/mol. The number of benzene rings is 1. The first-order valence-electron chi connectivity index (χ1n) is 6.31. The molecule has 2 atom stereocenters. The highest BCUT2D eigenvalue weighted by atomic mass is 35.5. The fraction of sp³-hybridized carbons (Fsp3) is 0.500. The molecule has 20 heavy (non-hydrogen) atoms. The van der Waals surface area contributed by atoms with Gasteiger partial charge in [-0.05, 0) is 23.6 Å². The molecule has 0 aliphatic heterocycles. The molecule has 0 fully saturated rings. The summed E-state index contributed by atoms with van der Waals surface area (Å²) >= 11 is 11.8. The fourth-order valence-corrected chi connectivity index (χ4v) is 2.06. The van der Waals surface area contributed by atoms with Crippen LogP contribution < -0.4 is 5.73 Å². The summed E-state index contributed by atoms with van der Waals surface area (Å²) in [5.41, 5.74) is 6.87. The Hall–Kier alpha value is -0.480. The van der Waals surface area contributed by atoms with E-state index in [4.69, 9.17) is 28.9 Å². The molecule has 0 aromatic heterocycles. The highest BCUT2D eigenvalue weighted by molar-refractivity contribution is 6.42. The van der Waals surface area contributed by atoms with Gasteiger partial charge in [0.05, 0.1) is 16.1 Å². The Balaban J connectivity index is 0.00000361. The molecule has 0 radical (unpaired) electrons. The van der Waals surface area contributed by atoms with Crippen molar-refractivity contribution in [1.29, 1.82) is 0 Å². The number of rotatable bonds is 5. The second-order valence-electron chi connectivity index (χ2n) is 4.85. The normalized spacial score (nSPS) is 13.3. The van der Waals surface area contributed by atoms with Gasteiger partial charge in [-0.25, -0.2) is 0 Å². The molecule has 2 unspecified atom stereocenters. The predicted octanol–water partition coefficient (Wildman–Crippen LogP) is 3.75. The molecule has 1 amide bonds. The lowest BCUT2D eigenvalue weighted by molar-refractivity contribution is -0.132. The van der Waals surface area contributed by atoms with Crippen LogP contribution in [0.25, 0.3) is 0 Å². The molecule has 1 aromatic carbocycles. The zero-order valence-electron chi connectivity index (χ0n) is 11.9. The second-order valence-corrected chi connectivity index (χ2v) is 5.67. The van der Waals surface area contributed by atoms with Crippen LogP contribution in [0.15, 0.2) is 18.2 Å². The van der Waals surface area contributed by atoms with Crippen LogP contribution in [0.3, 0.4) is 0 Å². The van der Waals surface area contributed by atoms with Crippen molar-refractivity contribution >= 4 is 41.5 Å². The quantitative estimate of drug-likeness (QED) is 0.888. The third kappa shape index (κ3) is 5.13. The topological polar surface area (TPSA) is 46.3 Å². The summed E-state index contributed by atoms with van der Waals surface area (Å²) in [6, 6.07) is 4.89. The van der Waals surface area contributed by atoms with Crippen molar-refractivity contribution in [3.05, 3.63) is 33.8 Å². The number of likely N-dealkylation sites (N-methyl/N-ethyl adjacent to an activating group) is 1. The number of carbonyl (C=O) groups is 1. The van der Waals surface area contributed by atoms with Crippen LogP contribution in [0.4, 0.5) is 0 Å². The molecule has 0 saturated carbocycles. The first-order chi connectivity index (χ1) is 8.86. The van der Waals surface area contributed by atoms with E-state index in [0.29, 0.717) is 16.6 Å². The number of halogens is 3. The first kappa shape index (κ1) is 19.5. The minimum atomic E-state index is -0.460. The Labute approximate surface area is 136 Å². The number of hydrogen-bond acceptors (Lipinski definition) is 2. The summed E-state index contributed by atoms with van der Waals surface area (Å²) in [5.74, 6) is 0.115. The molecule has 0 bridgehead atoms. The predicted molar refractivity (Wildman–Crippen MR) is 87.6 cm³/mol. The van der Waals surface area contributed by atoms with E-state index in [0.717, 1.165) is 12.0 Å².